The molecule has 1 aliphatic rings. The number of nitrogens with one attached hydrogen (secondary N) is 1. The maximum Gasteiger partial charge on any atom is 0.333 e. The number of amides is 2. The van der Waals surface area contributed by atoms with Gasteiger partial charge in [-0.05, 0) is 51.1 Å². The zero-order chi connectivity index (χ0) is 24.6. The highest BCUT2D eigenvalue weighted by molar-refractivity contribution is 5.91. The molecule has 7 heteroatoms. The van der Waals surface area contributed by atoms with E-state index in [-0.39, 0.29) is 35.8 Å². The van der Waals surface area contributed by atoms with Gasteiger partial charge in [0.05, 0.1) is 18.7 Å². The summed E-state index contributed by atoms with van der Waals surface area (Å²) in [6, 6.07) is -1.16. The minimum absolute atomic E-state index is 0.0763. The number of rotatable bonds is 9. The summed E-state index contributed by atoms with van der Waals surface area (Å²) >= 11 is 0. The Labute approximate surface area is 194 Å². The Morgan fingerprint density at radius 2 is 1.81 bits per heavy atom. The van der Waals surface area contributed by atoms with Gasteiger partial charge in [0, 0.05) is 12.6 Å². The van der Waals surface area contributed by atoms with Crippen LogP contribution in [0.2, 0.25) is 0 Å². The van der Waals surface area contributed by atoms with Crippen LogP contribution >= 0.6 is 0 Å². The Morgan fingerprint density at radius 3 is 2.31 bits per heavy atom. The smallest absolute Gasteiger partial charge is 0.333 e. The largest absolute Gasteiger partial charge is 0.463 e. The summed E-state index contributed by atoms with van der Waals surface area (Å²) in [5.74, 6) is -0.529. The second kappa shape index (κ2) is 12.4. The lowest BCUT2D eigenvalue weighted by Gasteiger charge is -2.39. The first-order chi connectivity index (χ1) is 14.8. The van der Waals surface area contributed by atoms with Gasteiger partial charge in [0.15, 0.2) is 0 Å². The highest BCUT2D eigenvalue weighted by Crippen LogP contribution is 2.25. The molecule has 7 nitrogen and oxygen atoms in total. The van der Waals surface area contributed by atoms with Crippen molar-refractivity contribution in [1.29, 1.82) is 0 Å². The van der Waals surface area contributed by atoms with E-state index in [4.69, 9.17) is 4.74 Å². The third kappa shape index (κ3) is 7.61. The third-order valence-corrected chi connectivity index (χ3v) is 6.22. The molecule has 0 aromatic heterocycles. The molecular formula is C25H45N3O4. The first-order valence-corrected chi connectivity index (χ1v) is 12.0. The van der Waals surface area contributed by atoms with Crippen LogP contribution in [0.15, 0.2) is 11.6 Å². The average molecular weight is 452 g/mol. The summed E-state index contributed by atoms with van der Waals surface area (Å²) < 4.78 is 5.09. The molecule has 0 aromatic carbocycles. The van der Waals surface area contributed by atoms with Crippen LogP contribution in [0.25, 0.3) is 0 Å². The quantitative estimate of drug-likeness (QED) is 0.429. The number of carbonyl (C=O) groups is 3. The molecule has 3 atom stereocenters. The van der Waals surface area contributed by atoms with Crippen molar-refractivity contribution in [3.05, 3.63) is 11.6 Å². The van der Waals surface area contributed by atoms with Crippen LogP contribution in [-0.2, 0) is 19.1 Å². The molecule has 0 saturated carbocycles. The van der Waals surface area contributed by atoms with Crippen molar-refractivity contribution in [2.24, 2.45) is 11.3 Å². The van der Waals surface area contributed by atoms with Gasteiger partial charge in [0.2, 0.25) is 11.8 Å². The number of hydrogen-bond acceptors (Lipinski definition) is 5. The van der Waals surface area contributed by atoms with E-state index < -0.39 is 11.5 Å². The summed E-state index contributed by atoms with van der Waals surface area (Å²) in [7, 11) is 1.74. The predicted molar refractivity (Wildman–Crippen MR) is 128 cm³/mol. The first-order valence-electron chi connectivity index (χ1n) is 12.0. The van der Waals surface area contributed by atoms with E-state index in [0.717, 1.165) is 32.4 Å². The number of nitrogens with zero attached hydrogens (tertiary/aromatic N) is 2. The molecule has 184 valence electrons. The SMILES string of the molecule is CCOC(=O)/C(C)=C/[C@H](C(C)C)N(C)C(=O)[C@@H](NC(=O)[C@H]1CCCCN1CC)C(C)(C)C. The molecule has 0 radical (unpaired) electrons. The number of piperidine rings is 1. The molecule has 0 aromatic rings. The lowest BCUT2D eigenvalue weighted by Crippen LogP contribution is -2.60. The number of carbonyl (C=O) groups excluding carboxylic acids is 3. The average Bonchev–Trinajstić information content (AvgIpc) is 2.73. The number of likely N-dealkylation sites (N-methyl/N-ethyl adjacent to an activating group) is 2. The fourth-order valence-corrected chi connectivity index (χ4v) is 4.22. The molecule has 1 rings (SSSR count). The van der Waals surface area contributed by atoms with Crippen LogP contribution < -0.4 is 5.32 Å². The maximum atomic E-state index is 13.6. The van der Waals surface area contributed by atoms with E-state index in [1.165, 1.54) is 0 Å². The van der Waals surface area contributed by atoms with Crippen LogP contribution in [0.4, 0.5) is 0 Å². The molecule has 0 unspecified atom stereocenters. The zero-order valence-electron chi connectivity index (χ0n) is 21.7. The van der Waals surface area contributed by atoms with Gasteiger partial charge in [-0.15, -0.1) is 0 Å². The van der Waals surface area contributed by atoms with E-state index in [2.05, 4.69) is 17.1 Å². The molecular weight excluding hydrogens is 406 g/mol. The monoisotopic (exact) mass is 451 g/mol. The molecule has 0 bridgehead atoms. The Bertz CT molecular complexity index is 681. The van der Waals surface area contributed by atoms with Gasteiger partial charge in [-0.2, -0.15) is 0 Å². The second-order valence-electron chi connectivity index (χ2n) is 10.2. The van der Waals surface area contributed by atoms with Crippen molar-refractivity contribution in [1.82, 2.24) is 15.1 Å². The predicted octanol–water partition coefficient (Wildman–Crippen LogP) is 3.38. The Kier molecular flexibility index (Phi) is 10.9. The van der Waals surface area contributed by atoms with Gasteiger partial charge in [-0.1, -0.05) is 54.0 Å². The summed E-state index contributed by atoms with van der Waals surface area (Å²) in [5, 5.41) is 3.08. The summed E-state index contributed by atoms with van der Waals surface area (Å²) in [5.41, 5.74) is 0.0102. The summed E-state index contributed by atoms with van der Waals surface area (Å²) in [6.45, 7) is 17.5. The first kappa shape index (κ1) is 28.1. The van der Waals surface area contributed by atoms with E-state index in [1.807, 2.05) is 34.6 Å². The number of esters is 1. The highest BCUT2D eigenvalue weighted by Gasteiger charge is 2.39. The van der Waals surface area contributed by atoms with Crippen LogP contribution in [0.1, 0.15) is 74.7 Å². The zero-order valence-corrected chi connectivity index (χ0v) is 21.7. The third-order valence-electron chi connectivity index (χ3n) is 6.22. The lowest BCUT2D eigenvalue weighted by atomic mass is 9.84. The van der Waals surface area contributed by atoms with Crippen molar-refractivity contribution >= 4 is 17.8 Å². The topological polar surface area (TPSA) is 79.0 Å². The fraction of sp³-hybridized carbons (Fsp3) is 0.800. The normalized spacial score (nSPS) is 19.9. The fourth-order valence-electron chi connectivity index (χ4n) is 4.22. The van der Waals surface area contributed by atoms with Gasteiger partial charge in [0.1, 0.15) is 6.04 Å². The molecule has 1 saturated heterocycles. The van der Waals surface area contributed by atoms with Gasteiger partial charge in [0.25, 0.3) is 0 Å². The molecule has 1 fully saturated rings. The Hall–Kier alpha value is -1.89. The molecule has 1 N–H and O–H groups in total. The van der Waals surface area contributed by atoms with Crippen LogP contribution in [-0.4, -0.2) is 72.5 Å². The van der Waals surface area contributed by atoms with Crippen LogP contribution in [0.5, 0.6) is 0 Å². The number of ether oxygens (including phenoxy) is 1. The molecule has 0 spiro atoms. The summed E-state index contributed by atoms with van der Waals surface area (Å²) in [4.78, 5) is 42.8. The van der Waals surface area contributed by atoms with Crippen LogP contribution in [0.3, 0.4) is 0 Å². The van der Waals surface area contributed by atoms with Gasteiger partial charge >= 0.3 is 5.97 Å². The highest BCUT2D eigenvalue weighted by atomic mass is 16.5. The molecule has 0 aliphatic carbocycles. The van der Waals surface area contributed by atoms with E-state index in [0.29, 0.717) is 12.2 Å². The van der Waals surface area contributed by atoms with Crippen molar-refractivity contribution < 1.29 is 19.1 Å². The number of hydrogen-bond donors (Lipinski definition) is 1. The minimum atomic E-state index is -0.668. The van der Waals surface area contributed by atoms with E-state index in [1.54, 1.807) is 31.9 Å². The molecule has 32 heavy (non-hydrogen) atoms. The van der Waals surface area contributed by atoms with E-state index >= 15 is 0 Å². The molecule has 2 amide bonds. The van der Waals surface area contributed by atoms with Gasteiger partial charge in [-0.25, -0.2) is 4.79 Å². The maximum absolute atomic E-state index is 13.6. The Balaban J connectivity index is 3.12. The van der Waals surface area contributed by atoms with Crippen molar-refractivity contribution in [2.75, 3.05) is 26.7 Å². The van der Waals surface area contributed by atoms with Crippen LogP contribution in [0, 0.1) is 11.3 Å². The lowest BCUT2D eigenvalue weighted by molar-refractivity contribution is -0.142. The van der Waals surface area contributed by atoms with Crippen molar-refractivity contribution in [3.8, 4) is 0 Å². The molecule has 1 heterocycles. The standard InChI is InChI=1S/C25H45N3O4/c1-10-28-15-13-12-14-19(28)22(29)26-21(25(6,7)8)23(30)27(9)20(17(3)4)16-18(5)24(31)32-11-2/h16-17,19-21H,10-15H2,1-9H3,(H,26,29)/b18-16+/t19-,20-,21-/m1/s1. The van der Waals surface area contributed by atoms with E-state index in [9.17, 15) is 14.4 Å². The van der Waals surface area contributed by atoms with Gasteiger partial charge < -0.3 is 15.0 Å². The van der Waals surface area contributed by atoms with Crippen molar-refractivity contribution in [2.45, 2.75) is 92.8 Å². The summed E-state index contributed by atoms with van der Waals surface area (Å²) in [6.07, 6.45) is 4.74. The second-order valence-corrected chi connectivity index (χ2v) is 10.2. The molecule has 1 aliphatic heterocycles. The minimum Gasteiger partial charge on any atom is -0.463 e. The van der Waals surface area contributed by atoms with Gasteiger partial charge in [-0.3, -0.25) is 14.5 Å². The number of likely N-dealkylation sites (tertiary alicyclic amines) is 1. The van der Waals surface area contributed by atoms with Crippen molar-refractivity contribution in [3.63, 3.8) is 0 Å². The Morgan fingerprint density at radius 1 is 1.19 bits per heavy atom.